The van der Waals surface area contributed by atoms with Gasteiger partial charge in [-0.05, 0) is 32.9 Å². The lowest BCUT2D eigenvalue weighted by Gasteiger charge is -2.16. The zero-order valence-corrected chi connectivity index (χ0v) is 9.36. The van der Waals surface area contributed by atoms with Crippen LogP contribution in [0.4, 0.5) is 0 Å². The summed E-state index contributed by atoms with van der Waals surface area (Å²) in [7, 11) is 0. The van der Waals surface area contributed by atoms with Crippen molar-refractivity contribution in [2.24, 2.45) is 0 Å². The van der Waals surface area contributed by atoms with Crippen LogP contribution in [0.5, 0.6) is 5.75 Å². The van der Waals surface area contributed by atoms with Crippen LogP contribution in [0.2, 0.25) is 0 Å². The number of nitrogens with one attached hydrogen (secondary N) is 1. The summed E-state index contributed by atoms with van der Waals surface area (Å²) in [6.07, 6.45) is 5.14. The van der Waals surface area contributed by atoms with E-state index in [1.807, 2.05) is 12.3 Å². The van der Waals surface area contributed by atoms with Gasteiger partial charge in [-0.3, -0.25) is 4.98 Å². The summed E-state index contributed by atoms with van der Waals surface area (Å²) in [5.41, 5.74) is 1.25. The van der Waals surface area contributed by atoms with E-state index in [4.69, 9.17) is 4.74 Å². The van der Waals surface area contributed by atoms with Crippen LogP contribution in [0.25, 0.3) is 0 Å². The molecule has 1 saturated heterocycles. The first-order chi connectivity index (χ1) is 7.27. The molecule has 1 unspecified atom stereocenters. The lowest BCUT2D eigenvalue weighted by Crippen LogP contribution is -2.12. The Balaban J connectivity index is 2.20. The summed E-state index contributed by atoms with van der Waals surface area (Å²) in [6.45, 7) is 6.25. The highest BCUT2D eigenvalue weighted by molar-refractivity contribution is 5.34. The van der Waals surface area contributed by atoms with E-state index in [2.05, 4.69) is 24.1 Å². The fraction of sp³-hybridized carbons (Fsp3) is 0.583. The number of ether oxygens (including phenoxy) is 1. The molecule has 0 amide bonds. The molecule has 0 spiro atoms. The molecule has 0 saturated carbocycles. The predicted octanol–water partition coefficient (Wildman–Crippen LogP) is 1.95. The molecule has 1 aromatic rings. The fourth-order valence-corrected chi connectivity index (χ4v) is 1.98. The number of aromatic nitrogens is 1. The number of hydrogen-bond donors (Lipinski definition) is 1. The zero-order valence-electron chi connectivity index (χ0n) is 9.36. The summed E-state index contributed by atoms with van der Waals surface area (Å²) in [6, 6.07) is 1.97. The van der Waals surface area contributed by atoms with Gasteiger partial charge < -0.3 is 10.1 Å². The van der Waals surface area contributed by atoms with Gasteiger partial charge in [0, 0.05) is 30.4 Å². The number of hydrogen-bond acceptors (Lipinski definition) is 3. The summed E-state index contributed by atoms with van der Waals surface area (Å²) >= 11 is 0. The highest BCUT2D eigenvalue weighted by atomic mass is 16.5. The molecule has 1 fully saturated rings. The molecule has 1 aromatic heterocycles. The van der Waals surface area contributed by atoms with Gasteiger partial charge in [-0.25, -0.2) is 0 Å². The van der Waals surface area contributed by atoms with Crippen LogP contribution in [0.3, 0.4) is 0 Å². The van der Waals surface area contributed by atoms with Crippen LogP contribution in [-0.4, -0.2) is 24.2 Å². The molecular weight excluding hydrogens is 188 g/mol. The van der Waals surface area contributed by atoms with Crippen LogP contribution < -0.4 is 10.1 Å². The van der Waals surface area contributed by atoms with Gasteiger partial charge in [0.25, 0.3) is 0 Å². The molecule has 1 N–H and O–H groups in total. The Bertz CT molecular complexity index is 319. The lowest BCUT2D eigenvalue weighted by atomic mass is 9.99. The first kappa shape index (κ1) is 10.4. The molecule has 15 heavy (non-hydrogen) atoms. The quantitative estimate of drug-likeness (QED) is 0.820. The molecule has 3 nitrogen and oxygen atoms in total. The molecule has 0 radical (unpaired) electrons. The van der Waals surface area contributed by atoms with Gasteiger partial charge in [0.15, 0.2) is 0 Å². The van der Waals surface area contributed by atoms with Gasteiger partial charge in [-0.2, -0.15) is 0 Å². The third kappa shape index (κ3) is 2.48. The molecule has 2 heterocycles. The monoisotopic (exact) mass is 206 g/mol. The Kier molecular flexibility index (Phi) is 3.21. The first-order valence-corrected chi connectivity index (χ1v) is 5.58. The van der Waals surface area contributed by atoms with Crippen LogP contribution in [-0.2, 0) is 0 Å². The largest absolute Gasteiger partial charge is 0.491 e. The normalized spacial score (nSPS) is 20.9. The highest BCUT2D eigenvalue weighted by Crippen LogP contribution is 2.30. The Hall–Kier alpha value is -1.09. The van der Waals surface area contributed by atoms with Gasteiger partial charge in [0.2, 0.25) is 0 Å². The third-order valence-corrected chi connectivity index (χ3v) is 2.67. The predicted molar refractivity (Wildman–Crippen MR) is 60.2 cm³/mol. The molecule has 1 aliphatic heterocycles. The van der Waals surface area contributed by atoms with Gasteiger partial charge in [0.05, 0.1) is 6.10 Å². The summed E-state index contributed by atoms with van der Waals surface area (Å²) in [5, 5.41) is 3.37. The molecule has 1 aliphatic rings. The van der Waals surface area contributed by atoms with Crippen molar-refractivity contribution in [1.82, 2.24) is 10.3 Å². The highest BCUT2D eigenvalue weighted by Gasteiger charge is 2.20. The Morgan fingerprint density at radius 1 is 1.53 bits per heavy atom. The van der Waals surface area contributed by atoms with Crippen LogP contribution in [0.1, 0.15) is 31.7 Å². The lowest BCUT2D eigenvalue weighted by molar-refractivity contribution is 0.238. The summed E-state index contributed by atoms with van der Waals surface area (Å²) in [5.74, 6) is 1.56. The van der Waals surface area contributed by atoms with Crippen molar-refractivity contribution >= 4 is 0 Å². The van der Waals surface area contributed by atoms with E-state index in [1.165, 1.54) is 12.0 Å². The van der Waals surface area contributed by atoms with Crippen LogP contribution in [0, 0.1) is 0 Å². The average Bonchev–Trinajstić information content (AvgIpc) is 2.70. The Morgan fingerprint density at radius 2 is 2.40 bits per heavy atom. The summed E-state index contributed by atoms with van der Waals surface area (Å²) < 4.78 is 5.79. The van der Waals surface area contributed by atoms with Gasteiger partial charge in [0.1, 0.15) is 5.75 Å². The summed E-state index contributed by atoms with van der Waals surface area (Å²) in [4.78, 5) is 4.19. The van der Waals surface area contributed by atoms with E-state index in [0.29, 0.717) is 5.92 Å². The van der Waals surface area contributed by atoms with Crippen molar-refractivity contribution < 1.29 is 4.74 Å². The SMILES string of the molecule is CC(C)Oc1ccncc1C1CCNC1. The average molecular weight is 206 g/mol. The molecule has 2 rings (SSSR count). The van der Waals surface area contributed by atoms with Crippen molar-refractivity contribution in [2.45, 2.75) is 32.3 Å². The van der Waals surface area contributed by atoms with E-state index in [-0.39, 0.29) is 6.10 Å². The van der Waals surface area contributed by atoms with Crippen LogP contribution in [0.15, 0.2) is 18.5 Å². The molecule has 1 atom stereocenters. The molecular formula is C12H18N2O. The second-order valence-corrected chi connectivity index (χ2v) is 4.27. The molecule has 82 valence electrons. The fourth-order valence-electron chi connectivity index (χ4n) is 1.98. The molecule has 0 bridgehead atoms. The van der Waals surface area contributed by atoms with Crippen molar-refractivity contribution in [3.05, 3.63) is 24.0 Å². The molecule has 0 aromatic carbocycles. The van der Waals surface area contributed by atoms with E-state index >= 15 is 0 Å². The number of nitrogens with zero attached hydrogens (tertiary/aromatic N) is 1. The van der Waals surface area contributed by atoms with E-state index in [0.717, 1.165) is 18.8 Å². The second kappa shape index (κ2) is 4.62. The van der Waals surface area contributed by atoms with Crippen LogP contribution >= 0.6 is 0 Å². The van der Waals surface area contributed by atoms with Crippen molar-refractivity contribution in [3.63, 3.8) is 0 Å². The minimum Gasteiger partial charge on any atom is -0.491 e. The maximum absolute atomic E-state index is 5.79. The zero-order chi connectivity index (χ0) is 10.7. The minimum absolute atomic E-state index is 0.223. The smallest absolute Gasteiger partial charge is 0.126 e. The molecule has 0 aliphatic carbocycles. The van der Waals surface area contributed by atoms with Crippen molar-refractivity contribution in [1.29, 1.82) is 0 Å². The van der Waals surface area contributed by atoms with Gasteiger partial charge in [-0.1, -0.05) is 0 Å². The van der Waals surface area contributed by atoms with E-state index in [1.54, 1.807) is 6.20 Å². The molecule has 3 heteroatoms. The third-order valence-electron chi connectivity index (χ3n) is 2.67. The Labute approximate surface area is 90.9 Å². The Morgan fingerprint density at radius 3 is 3.07 bits per heavy atom. The van der Waals surface area contributed by atoms with Gasteiger partial charge in [-0.15, -0.1) is 0 Å². The topological polar surface area (TPSA) is 34.1 Å². The minimum atomic E-state index is 0.223. The van der Waals surface area contributed by atoms with Crippen molar-refractivity contribution in [3.8, 4) is 5.75 Å². The van der Waals surface area contributed by atoms with Crippen molar-refractivity contribution in [2.75, 3.05) is 13.1 Å². The maximum Gasteiger partial charge on any atom is 0.126 e. The number of rotatable bonds is 3. The van der Waals surface area contributed by atoms with E-state index in [9.17, 15) is 0 Å². The second-order valence-electron chi connectivity index (χ2n) is 4.27. The van der Waals surface area contributed by atoms with Gasteiger partial charge >= 0.3 is 0 Å². The first-order valence-electron chi connectivity index (χ1n) is 5.58. The van der Waals surface area contributed by atoms with E-state index < -0.39 is 0 Å². The standard InChI is InChI=1S/C12H18N2O/c1-9(2)15-12-4-6-14-8-11(12)10-3-5-13-7-10/h4,6,8-10,13H,3,5,7H2,1-2H3. The maximum atomic E-state index is 5.79. The number of pyridine rings is 1.